The molecular weight excluding hydrogens is 508 g/mol. The summed E-state index contributed by atoms with van der Waals surface area (Å²) >= 11 is 5.89. The van der Waals surface area contributed by atoms with E-state index in [4.69, 9.17) is 36.7 Å². The third kappa shape index (κ3) is 7.08. The Morgan fingerprint density at radius 3 is 2.39 bits per heavy atom. The van der Waals surface area contributed by atoms with Crippen LogP contribution in [0.4, 0.5) is 29.1 Å². The number of benzene rings is 2. The van der Waals surface area contributed by atoms with Crippen LogP contribution >= 0.6 is 11.6 Å². The van der Waals surface area contributed by atoms with Crippen LogP contribution in [-0.4, -0.2) is 46.5 Å². The molecule has 1 aromatic heterocycles. The summed E-state index contributed by atoms with van der Waals surface area (Å²) in [5.41, 5.74) is 7.32. The molecule has 0 saturated heterocycles. The molecule has 1 aliphatic rings. The fourth-order valence-electron chi connectivity index (χ4n) is 3.51. The van der Waals surface area contributed by atoms with E-state index >= 15 is 0 Å². The first-order valence-corrected chi connectivity index (χ1v) is 11.1. The maximum absolute atomic E-state index is 13.4. The Kier molecular flexibility index (Phi) is 8.75. The van der Waals surface area contributed by atoms with Gasteiger partial charge < -0.3 is 25.6 Å². The zero-order valence-corrected chi connectivity index (χ0v) is 19.7. The summed E-state index contributed by atoms with van der Waals surface area (Å²) in [6, 6.07) is 8.36. The number of carboxylic acids is 1. The predicted molar refractivity (Wildman–Crippen MR) is 125 cm³/mol. The van der Waals surface area contributed by atoms with Crippen LogP contribution in [-0.2, 0) is 4.79 Å². The van der Waals surface area contributed by atoms with Gasteiger partial charge in [-0.25, -0.2) is 19.2 Å². The predicted octanol–water partition coefficient (Wildman–Crippen LogP) is 5.46. The number of nitrogens with two attached hydrogens (primary N) is 1. The lowest BCUT2D eigenvalue weighted by Crippen LogP contribution is -2.31. The average molecular weight is 531 g/mol. The van der Waals surface area contributed by atoms with Gasteiger partial charge in [0.1, 0.15) is 18.0 Å². The normalized spacial score (nSPS) is 17.6. The number of carbonyl (C=O) groups is 1. The van der Waals surface area contributed by atoms with Gasteiger partial charge in [-0.2, -0.15) is 13.2 Å². The van der Waals surface area contributed by atoms with E-state index in [1.807, 2.05) is 12.1 Å². The summed E-state index contributed by atoms with van der Waals surface area (Å²) in [7, 11) is 1.60. The molecule has 0 atom stereocenters. The van der Waals surface area contributed by atoms with Crippen molar-refractivity contribution < 1.29 is 36.9 Å². The first-order chi connectivity index (χ1) is 17.0. The molecule has 1 saturated carbocycles. The van der Waals surface area contributed by atoms with Gasteiger partial charge in [-0.3, -0.25) is 0 Å². The molecule has 4 rings (SSSR count). The van der Waals surface area contributed by atoms with E-state index in [9.17, 15) is 17.6 Å². The maximum Gasteiger partial charge on any atom is 0.490 e. The summed E-state index contributed by atoms with van der Waals surface area (Å²) in [5.74, 6) is -1.42. The van der Waals surface area contributed by atoms with Crippen molar-refractivity contribution >= 4 is 40.0 Å². The zero-order chi connectivity index (χ0) is 26.5. The fraction of sp³-hybridized carbons (Fsp3) is 0.348. The second kappa shape index (κ2) is 11.6. The third-order valence-electron chi connectivity index (χ3n) is 5.36. The van der Waals surface area contributed by atoms with Crippen molar-refractivity contribution in [1.29, 1.82) is 0 Å². The SMILES string of the molecule is COc1cc2ncnc(Nc3ccc(F)c(Cl)c3)c2cc1OC1CCC(N)CC1.O=C(O)C(F)(F)F. The van der Waals surface area contributed by atoms with E-state index < -0.39 is 18.0 Å². The Hall–Kier alpha value is -3.38. The van der Waals surface area contributed by atoms with Crippen LogP contribution < -0.4 is 20.5 Å². The van der Waals surface area contributed by atoms with Crippen LogP contribution in [0.15, 0.2) is 36.7 Å². The number of hydrogen-bond donors (Lipinski definition) is 3. The number of ether oxygens (including phenoxy) is 2. The second-order valence-corrected chi connectivity index (χ2v) is 8.36. The smallest absolute Gasteiger partial charge is 0.490 e. The highest BCUT2D eigenvalue weighted by Gasteiger charge is 2.38. The van der Waals surface area contributed by atoms with Gasteiger partial charge >= 0.3 is 12.1 Å². The minimum atomic E-state index is -5.08. The summed E-state index contributed by atoms with van der Waals surface area (Å²) in [5, 5.41) is 11.1. The minimum absolute atomic E-state index is 0.0366. The molecule has 2 aromatic carbocycles. The van der Waals surface area contributed by atoms with Gasteiger partial charge in [-0.1, -0.05) is 11.6 Å². The number of nitrogens with zero attached hydrogens (tertiary/aromatic N) is 2. The fourth-order valence-corrected chi connectivity index (χ4v) is 3.69. The van der Waals surface area contributed by atoms with E-state index in [-0.39, 0.29) is 17.2 Å². The van der Waals surface area contributed by atoms with Crippen molar-refractivity contribution in [3.05, 3.63) is 47.5 Å². The molecule has 1 aliphatic carbocycles. The highest BCUT2D eigenvalue weighted by atomic mass is 35.5. The first-order valence-electron chi connectivity index (χ1n) is 10.7. The molecule has 36 heavy (non-hydrogen) atoms. The van der Waals surface area contributed by atoms with Crippen LogP contribution in [0.1, 0.15) is 25.7 Å². The first kappa shape index (κ1) is 27.2. The van der Waals surface area contributed by atoms with E-state index in [1.54, 1.807) is 13.2 Å². The number of aromatic nitrogens is 2. The van der Waals surface area contributed by atoms with Crippen molar-refractivity contribution in [2.45, 2.75) is 44.0 Å². The van der Waals surface area contributed by atoms with E-state index in [0.717, 1.165) is 31.1 Å². The number of aliphatic carboxylic acids is 1. The van der Waals surface area contributed by atoms with Crippen LogP contribution in [0.2, 0.25) is 5.02 Å². The number of carboxylic acid groups (broad SMARTS) is 1. The molecule has 0 spiro atoms. The third-order valence-corrected chi connectivity index (χ3v) is 5.65. The van der Waals surface area contributed by atoms with Crippen LogP contribution in [0.25, 0.3) is 10.9 Å². The van der Waals surface area contributed by atoms with Crippen molar-refractivity contribution in [3.8, 4) is 11.5 Å². The Labute approximate surface area is 208 Å². The molecule has 0 aliphatic heterocycles. The monoisotopic (exact) mass is 530 g/mol. The Balaban J connectivity index is 0.000000454. The lowest BCUT2D eigenvalue weighted by Gasteiger charge is -2.27. The van der Waals surface area contributed by atoms with E-state index in [1.165, 1.54) is 18.5 Å². The number of halogens is 5. The quantitative estimate of drug-likeness (QED) is 0.372. The second-order valence-electron chi connectivity index (χ2n) is 7.95. The minimum Gasteiger partial charge on any atom is -0.493 e. The molecule has 4 N–H and O–H groups in total. The number of alkyl halides is 3. The average Bonchev–Trinajstić information content (AvgIpc) is 2.82. The largest absolute Gasteiger partial charge is 0.493 e. The summed E-state index contributed by atoms with van der Waals surface area (Å²) < 4.78 is 56.9. The Bertz CT molecular complexity index is 1220. The lowest BCUT2D eigenvalue weighted by atomic mass is 9.94. The highest BCUT2D eigenvalue weighted by molar-refractivity contribution is 6.31. The van der Waals surface area contributed by atoms with Crippen LogP contribution in [0.5, 0.6) is 11.5 Å². The number of hydrogen-bond acceptors (Lipinski definition) is 7. The van der Waals surface area contributed by atoms with Gasteiger partial charge in [0.05, 0.1) is 23.8 Å². The molecule has 0 amide bonds. The molecule has 8 nitrogen and oxygen atoms in total. The molecule has 0 radical (unpaired) electrons. The van der Waals surface area contributed by atoms with Gasteiger partial charge in [0.15, 0.2) is 11.5 Å². The molecule has 13 heteroatoms. The van der Waals surface area contributed by atoms with Gasteiger partial charge in [-0.15, -0.1) is 0 Å². The van der Waals surface area contributed by atoms with Crippen molar-refractivity contribution in [2.24, 2.45) is 5.73 Å². The highest BCUT2D eigenvalue weighted by Crippen LogP contribution is 2.37. The van der Waals surface area contributed by atoms with Gasteiger partial charge in [0, 0.05) is 23.2 Å². The Morgan fingerprint density at radius 2 is 1.81 bits per heavy atom. The number of rotatable bonds is 5. The molecule has 1 heterocycles. The van der Waals surface area contributed by atoms with Crippen molar-refractivity contribution in [3.63, 3.8) is 0 Å². The van der Waals surface area contributed by atoms with Gasteiger partial charge in [0.2, 0.25) is 0 Å². The van der Waals surface area contributed by atoms with Gasteiger partial charge in [0.25, 0.3) is 0 Å². The number of fused-ring (bicyclic) bond motifs is 1. The number of methoxy groups -OCH3 is 1. The van der Waals surface area contributed by atoms with Gasteiger partial charge in [-0.05, 0) is 49.9 Å². The number of anilines is 2. The molecular formula is C23H23ClF4N4O4. The maximum atomic E-state index is 13.4. The van der Waals surface area contributed by atoms with Crippen molar-refractivity contribution in [1.82, 2.24) is 9.97 Å². The molecule has 0 bridgehead atoms. The van der Waals surface area contributed by atoms with Crippen molar-refractivity contribution in [2.75, 3.05) is 12.4 Å². The lowest BCUT2D eigenvalue weighted by molar-refractivity contribution is -0.192. The number of nitrogens with one attached hydrogen (secondary N) is 1. The summed E-state index contributed by atoms with van der Waals surface area (Å²) in [6.45, 7) is 0. The molecule has 3 aromatic rings. The summed E-state index contributed by atoms with van der Waals surface area (Å²) in [4.78, 5) is 17.6. The molecule has 1 fully saturated rings. The molecule has 194 valence electrons. The van der Waals surface area contributed by atoms with E-state index in [2.05, 4.69) is 15.3 Å². The molecule has 0 unspecified atom stereocenters. The Morgan fingerprint density at radius 1 is 1.14 bits per heavy atom. The topological polar surface area (TPSA) is 120 Å². The van der Waals surface area contributed by atoms with Crippen LogP contribution in [0.3, 0.4) is 0 Å². The van der Waals surface area contributed by atoms with E-state index in [0.29, 0.717) is 28.5 Å². The zero-order valence-electron chi connectivity index (χ0n) is 19.0. The standard InChI is InChI=1S/C21H22ClFN4O2.C2HF3O2/c1-28-19-10-18-15(9-20(19)29-14-5-2-12(24)3-6-14)21(26-11-25-18)27-13-4-7-17(23)16(22)8-13;3-2(4,5)1(6)7/h4,7-12,14H,2-3,5-6,24H2,1H3,(H,25,26,27);(H,6,7). The summed E-state index contributed by atoms with van der Waals surface area (Å²) in [6.07, 6.45) is 0.180. The van der Waals surface area contributed by atoms with Crippen LogP contribution in [0, 0.1) is 5.82 Å².